The monoisotopic (exact) mass is 590 g/mol. The number of halogens is 1. The van der Waals surface area contributed by atoms with Crippen molar-refractivity contribution in [3.05, 3.63) is 96.0 Å². The molecule has 9 nitrogen and oxygen atoms in total. The van der Waals surface area contributed by atoms with Crippen LogP contribution in [0.25, 0.3) is 33.2 Å². The average Bonchev–Trinajstić information content (AvgIpc) is 3.65. The fourth-order valence-corrected chi connectivity index (χ4v) is 5.77. The first kappa shape index (κ1) is 28.9. The maximum absolute atomic E-state index is 15.6. The lowest BCUT2D eigenvalue weighted by Gasteiger charge is -2.24. The summed E-state index contributed by atoms with van der Waals surface area (Å²) in [6, 6.07) is 17.1. The van der Waals surface area contributed by atoms with E-state index >= 15 is 4.39 Å². The van der Waals surface area contributed by atoms with Gasteiger partial charge in [-0.2, -0.15) is 5.10 Å². The van der Waals surface area contributed by atoms with Crippen LogP contribution in [-0.2, 0) is 16.1 Å². The van der Waals surface area contributed by atoms with Gasteiger partial charge >= 0.3 is 0 Å². The molecule has 0 saturated carbocycles. The zero-order valence-electron chi connectivity index (χ0n) is 24.7. The maximum atomic E-state index is 15.6. The summed E-state index contributed by atoms with van der Waals surface area (Å²) in [5.41, 5.74) is 4.61. The number of rotatable bonds is 7. The lowest BCUT2D eigenvalue weighted by Crippen LogP contribution is -2.44. The van der Waals surface area contributed by atoms with Crippen LogP contribution in [0.15, 0.2) is 73.1 Å². The molecule has 1 N–H and O–H groups in total. The van der Waals surface area contributed by atoms with Gasteiger partial charge < -0.3 is 10.2 Å². The quantitative estimate of drug-likeness (QED) is 0.242. The number of nitrogens with one attached hydrogen (secondary N) is 1. The molecule has 1 aliphatic heterocycles. The Kier molecular flexibility index (Phi) is 7.73. The fraction of sp³-hybridized carbons (Fsp3) is 0.235. The van der Waals surface area contributed by atoms with Gasteiger partial charge in [0.25, 0.3) is 0 Å². The molecule has 3 aromatic carbocycles. The molecule has 0 aliphatic carbocycles. The van der Waals surface area contributed by atoms with Crippen molar-refractivity contribution in [2.75, 3.05) is 11.9 Å². The van der Waals surface area contributed by atoms with Crippen molar-refractivity contribution in [2.24, 2.45) is 0 Å². The standard InChI is InChI=1S/C34H31FN6O3/c1-20-8-4-5-9-25(20)26-10-6-11-28(32(26)35)38-34(44)30-12-7-15-40(30)31(43)19-41-29-14-13-23(24-17-36-22(3)37-18-24)16-27(29)33(39-41)21(2)42/h4-6,8-11,13-14,16-18,30H,7,12,15,19H2,1-3H3,(H,38,44)/t30-/m0/s1. The van der Waals surface area contributed by atoms with Crippen molar-refractivity contribution < 1.29 is 18.8 Å². The minimum absolute atomic E-state index is 0.0639. The van der Waals surface area contributed by atoms with E-state index in [4.69, 9.17) is 0 Å². The number of benzene rings is 3. The van der Waals surface area contributed by atoms with Gasteiger partial charge in [-0.05, 0) is 61.6 Å². The second-order valence-corrected chi connectivity index (χ2v) is 11.0. The molecule has 5 aromatic rings. The topological polar surface area (TPSA) is 110 Å². The number of carbonyl (C=O) groups excluding carboxylic acids is 3. The third-order valence-corrected chi connectivity index (χ3v) is 8.05. The SMILES string of the molecule is CC(=O)c1nn(CC(=O)N2CCC[C@H]2C(=O)Nc2cccc(-c3ccccc3C)c2F)c2ccc(-c3cnc(C)nc3)cc12. The summed E-state index contributed by atoms with van der Waals surface area (Å²) in [6.07, 6.45) is 4.52. The van der Waals surface area contributed by atoms with Crippen LogP contribution in [0.3, 0.4) is 0 Å². The van der Waals surface area contributed by atoms with Crippen LogP contribution < -0.4 is 5.32 Å². The highest BCUT2D eigenvalue weighted by molar-refractivity contribution is 6.06. The van der Waals surface area contributed by atoms with E-state index in [-0.39, 0.29) is 29.6 Å². The van der Waals surface area contributed by atoms with Gasteiger partial charge in [0.05, 0.1) is 11.2 Å². The second kappa shape index (κ2) is 11.8. The van der Waals surface area contributed by atoms with E-state index in [9.17, 15) is 14.4 Å². The first-order chi connectivity index (χ1) is 21.2. The van der Waals surface area contributed by atoms with E-state index in [1.54, 1.807) is 31.5 Å². The number of ketones is 1. The Morgan fingerprint density at radius 1 is 0.955 bits per heavy atom. The summed E-state index contributed by atoms with van der Waals surface area (Å²) in [5, 5.41) is 7.82. The van der Waals surface area contributed by atoms with Crippen LogP contribution in [0, 0.1) is 19.7 Å². The summed E-state index contributed by atoms with van der Waals surface area (Å²) in [6.45, 7) is 5.38. The molecule has 0 spiro atoms. The molecular weight excluding hydrogens is 559 g/mol. The molecule has 44 heavy (non-hydrogen) atoms. The number of nitrogens with zero attached hydrogens (tertiary/aromatic N) is 5. The van der Waals surface area contributed by atoms with Gasteiger partial charge in [0.15, 0.2) is 11.6 Å². The van der Waals surface area contributed by atoms with Crippen molar-refractivity contribution in [1.82, 2.24) is 24.6 Å². The Bertz CT molecular complexity index is 1920. The number of likely N-dealkylation sites (tertiary alicyclic amines) is 1. The minimum atomic E-state index is -0.758. The molecule has 0 radical (unpaired) electrons. The van der Waals surface area contributed by atoms with E-state index in [2.05, 4.69) is 20.4 Å². The molecule has 1 saturated heterocycles. The summed E-state index contributed by atoms with van der Waals surface area (Å²) in [5.74, 6) is -0.863. The first-order valence-corrected chi connectivity index (χ1v) is 14.5. The molecular formula is C34H31FN6O3. The van der Waals surface area contributed by atoms with Gasteiger partial charge in [0.2, 0.25) is 11.8 Å². The third-order valence-electron chi connectivity index (χ3n) is 8.05. The van der Waals surface area contributed by atoms with Gasteiger partial charge in [0.1, 0.15) is 24.1 Å². The molecule has 0 unspecified atom stereocenters. The Morgan fingerprint density at radius 3 is 2.45 bits per heavy atom. The van der Waals surface area contributed by atoms with Crippen molar-refractivity contribution >= 4 is 34.2 Å². The van der Waals surface area contributed by atoms with Crippen LogP contribution in [0.2, 0.25) is 0 Å². The van der Waals surface area contributed by atoms with Crippen LogP contribution in [-0.4, -0.2) is 54.8 Å². The van der Waals surface area contributed by atoms with E-state index in [0.29, 0.717) is 41.7 Å². The molecule has 10 heteroatoms. The number of aromatic nitrogens is 4. The van der Waals surface area contributed by atoms with Crippen molar-refractivity contribution in [2.45, 2.75) is 46.2 Å². The van der Waals surface area contributed by atoms with Gasteiger partial charge in [-0.1, -0.05) is 42.5 Å². The first-order valence-electron chi connectivity index (χ1n) is 14.5. The van der Waals surface area contributed by atoms with Gasteiger partial charge in [-0.25, -0.2) is 14.4 Å². The van der Waals surface area contributed by atoms with E-state index in [1.807, 2.05) is 49.4 Å². The summed E-state index contributed by atoms with van der Waals surface area (Å²) in [7, 11) is 0. The smallest absolute Gasteiger partial charge is 0.247 e. The largest absolute Gasteiger partial charge is 0.329 e. The number of aryl methyl sites for hydroxylation is 2. The highest BCUT2D eigenvalue weighted by Crippen LogP contribution is 2.31. The van der Waals surface area contributed by atoms with E-state index in [1.165, 1.54) is 22.6 Å². The number of amides is 2. The normalized spacial score (nSPS) is 14.6. The molecule has 3 heterocycles. The lowest BCUT2D eigenvalue weighted by molar-refractivity contribution is -0.137. The molecule has 2 amide bonds. The van der Waals surface area contributed by atoms with Crippen LogP contribution in [0.4, 0.5) is 10.1 Å². The molecule has 2 aromatic heterocycles. The molecule has 6 rings (SSSR count). The minimum Gasteiger partial charge on any atom is -0.329 e. The number of hydrogen-bond acceptors (Lipinski definition) is 6. The Labute approximate surface area is 253 Å². The zero-order chi connectivity index (χ0) is 31.0. The second-order valence-electron chi connectivity index (χ2n) is 11.0. The van der Waals surface area contributed by atoms with Crippen LogP contribution in [0.1, 0.15) is 41.6 Å². The van der Waals surface area contributed by atoms with Crippen LogP contribution >= 0.6 is 0 Å². The Hall–Kier alpha value is -5.25. The predicted octanol–water partition coefficient (Wildman–Crippen LogP) is 5.75. The molecule has 1 atom stereocenters. The number of Topliss-reactive ketones (excluding diaryl/α,β-unsaturated/α-hetero) is 1. The van der Waals surface area contributed by atoms with Crippen molar-refractivity contribution in [1.29, 1.82) is 0 Å². The Balaban J connectivity index is 1.23. The van der Waals surface area contributed by atoms with Crippen LogP contribution in [0.5, 0.6) is 0 Å². The van der Waals surface area contributed by atoms with Crippen molar-refractivity contribution in [3.8, 4) is 22.3 Å². The fourth-order valence-electron chi connectivity index (χ4n) is 5.77. The highest BCUT2D eigenvalue weighted by Gasteiger charge is 2.35. The predicted molar refractivity (Wildman–Crippen MR) is 165 cm³/mol. The van der Waals surface area contributed by atoms with Gasteiger partial charge in [-0.15, -0.1) is 0 Å². The summed E-state index contributed by atoms with van der Waals surface area (Å²) in [4.78, 5) is 49.5. The molecule has 1 aliphatic rings. The molecule has 0 bridgehead atoms. The summed E-state index contributed by atoms with van der Waals surface area (Å²) < 4.78 is 17.1. The zero-order valence-corrected chi connectivity index (χ0v) is 24.7. The number of anilines is 1. The average molecular weight is 591 g/mol. The third kappa shape index (κ3) is 5.46. The number of carbonyl (C=O) groups is 3. The number of fused-ring (bicyclic) bond motifs is 1. The highest BCUT2D eigenvalue weighted by atomic mass is 19.1. The Morgan fingerprint density at radius 2 is 1.70 bits per heavy atom. The summed E-state index contributed by atoms with van der Waals surface area (Å²) >= 11 is 0. The lowest BCUT2D eigenvalue weighted by atomic mass is 9.99. The molecule has 222 valence electrons. The van der Waals surface area contributed by atoms with E-state index in [0.717, 1.165) is 22.3 Å². The van der Waals surface area contributed by atoms with Gasteiger partial charge in [-0.3, -0.25) is 19.1 Å². The van der Waals surface area contributed by atoms with Gasteiger partial charge in [0, 0.05) is 42.4 Å². The van der Waals surface area contributed by atoms with E-state index < -0.39 is 17.8 Å². The number of hydrogen-bond donors (Lipinski definition) is 1. The maximum Gasteiger partial charge on any atom is 0.247 e. The van der Waals surface area contributed by atoms with Crippen molar-refractivity contribution in [3.63, 3.8) is 0 Å². The molecule has 1 fully saturated rings.